The van der Waals surface area contributed by atoms with Crippen LogP contribution in [-0.4, -0.2) is 55.1 Å². The van der Waals surface area contributed by atoms with E-state index in [9.17, 15) is 4.79 Å². The lowest BCUT2D eigenvalue weighted by atomic mass is 10.00. The van der Waals surface area contributed by atoms with E-state index < -0.39 is 0 Å². The fourth-order valence-electron chi connectivity index (χ4n) is 3.47. The highest BCUT2D eigenvalue weighted by atomic mass is 16.2. The fraction of sp³-hybridized carbons (Fsp3) is 0.650. The van der Waals surface area contributed by atoms with Gasteiger partial charge in [-0.2, -0.15) is 0 Å². The van der Waals surface area contributed by atoms with Gasteiger partial charge in [0.1, 0.15) is 0 Å². The van der Waals surface area contributed by atoms with Crippen LogP contribution in [0.1, 0.15) is 38.7 Å². The summed E-state index contributed by atoms with van der Waals surface area (Å²) in [6, 6.07) is 10.7. The van der Waals surface area contributed by atoms with Crippen molar-refractivity contribution in [1.29, 1.82) is 0 Å². The monoisotopic (exact) mass is 331 g/mol. The maximum atomic E-state index is 12.3. The van der Waals surface area contributed by atoms with Gasteiger partial charge in [0, 0.05) is 32.7 Å². The Hall–Kier alpha value is -1.55. The van der Waals surface area contributed by atoms with Crippen molar-refractivity contribution in [2.24, 2.45) is 5.92 Å². The zero-order valence-corrected chi connectivity index (χ0v) is 15.5. The van der Waals surface area contributed by atoms with Crippen molar-refractivity contribution in [3.8, 4) is 0 Å². The number of hydrogen-bond donors (Lipinski definition) is 1. The van der Waals surface area contributed by atoms with E-state index in [2.05, 4.69) is 48.3 Å². The predicted molar refractivity (Wildman–Crippen MR) is 100 cm³/mol. The maximum absolute atomic E-state index is 12.3. The van der Waals surface area contributed by atoms with Gasteiger partial charge >= 0.3 is 6.03 Å². The average molecular weight is 332 g/mol. The first-order chi connectivity index (χ1) is 11.5. The Morgan fingerprint density at radius 3 is 2.83 bits per heavy atom. The van der Waals surface area contributed by atoms with E-state index in [0.717, 1.165) is 44.9 Å². The van der Waals surface area contributed by atoms with E-state index in [-0.39, 0.29) is 12.1 Å². The number of carbonyl (C=O) groups excluding carboxylic acids is 1. The summed E-state index contributed by atoms with van der Waals surface area (Å²) in [5, 5.41) is 3.14. The highest BCUT2D eigenvalue weighted by Crippen LogP contribution is 2.15. The van der Waals surface area contributed by atoms with Crippen molar-refractivity contribution < 1.29 is 4.79 Å². The van der Waals surface area contributed by atoms with Crippen molar-refractivity contribution >= 4 is 6.03 Å². The molecule has 0 spiro atoms. The Labute approximate surface area is 147 Å². The smallest absolute Gasteiger partial charge is 0.317 e. The largest absolute Gasteiger partial charge is 0.334 e. The molecule has 0 saturated carbocycles. The molecule has 1 fully saturated rings. The normalized spacial score (nSPS) is 19.7. The SMILES string of the molecule is C[C@H]1CCCN(C[C@@H](C)NC(=O)N(C)CCCc2ccccc2)C1. The second-order valence-corrected chi connectivity index (χ2v) is 7.37. The molecule has 1 aliphatic rings. The van der Waals surface area contributed by atoms with Crippen LogP contribution in [0.5, 0.6) is 0 Å². The third kappa shape index (κ3) is 6.52. The molecule has 1 aromatic rings. The summed E-state index contributed by atoms with van der Waals surface area (Å²) in [4.78, 5) is 16.6. The van der Waals surface area contributed by atoms with Crippen molar-refractivity contribution in [3.63, 3.8) is 0 Å². The van der Waals surface area contributed by atoms with Gasteiger partial charge in [0.15, 0.2) is 0 Å². The van der Waals surface area contributed by atoms with Crippen LogP contribution in [0.4, 0.5) is 4.79 Å². The highest BCUT2D eigenvalue weighted by Gasteiger charge is 2.19. The Bertz CT molecular complexity index is 491. The van der Waals surface area contributed by atoms with Crippen LogP contribution in [0.3, 0.4) is 0 Å². The summed E-state index contributed by atoms with van der Waals surface area (Å²) < 4.78 is 0. The zero-order chi connectivity index (χ0) is 17.4. The summed E-state index contributed by atoms with van der Waals surface area (Å²) in [7, 11) is 1.88. The van der Waals surface area contributed by atoms with Gasteiger partial charge in [0.05, 0.1) is 0 Å². The van der Waals surface area contributed by atoms with E-state index in [1.165, 1.54) is 18.4 Å². The average Bonchev–Trinajstić information content (AvgIpc) is 2.55. The van der Waals surface area contributed by atoms with Gasteiger partial charge < -0.3 is 15.1 Å². The molecule has 0 bridgehead atoms. The van der Waals surface area contributed by atoms with E-state index in [0.29, 0.717) is 0 Å². The van der Waals surface area contributed by atoms with Crippen molar-refractivity contribution in [2.75, 3.05) is 33.2 Å². The molecule has 0 aromatic heterocycles. The summed E-state index contributed by atoms with van der Waals surface area (Å²) in [5.41, 5.74) is 1.33. The Morgan fingerprint density at radius 1 is 1.38 bits per heavy atom. The van der Waals surface area contributed by atoms with Crippen LogP contribution in [0.2, 0.25) is 0 Å². The van der Waals surface area contributed by atoms with Gasteiger partial charge in [0.25, 0.3) is 0 Å². The first-order valence-electron chi connectivity index (χ1n) is 9.32. The number of amides is 2. The Morgan fingerprint density at radius 2 is 2.12 bits per heavy atom. The zero-order valence-electron chi connectivity index (χ0n) is 15.5. The number of rotatable bonds is 7. The minimum atomic E-state index is 0.0422. The number of urea groups is 1. The van der Waals surface area contributed by atoms with Crippen molar-refractivity contribution in [2.45, 2.75) is 45.6 Å². The van der Waals surface area contributed by atoms with Crippen molar-refractivity contribution in [1.82, 2.24) is 15.1 Å². The molecule has 134 valence electrons. The molecule has 2 amide bonds. The number of benzene rings is 1. The van der Waals surface area contributed by atoms with Gasteiger partial charge in [-0.15, -0.1) is 0 Å². The third-order valence-electron chi connectivity index (χ3n) is 4.79. The lowest BCUT2D eigenvalue weighted by Crippen LogP contribution is -2.48. The molecule has 4 nitrogen and oxygen atoms in total. The molecule has 1 aromatic carbocycles. The molecule has 0 aliphatic carbocycles. The molecule has 1 heterocycles. The Balaban J connectivity index is 1.65. The number of hydrogen-bond acceptors (Lipinski definition) is 2. The van der Waals surface area contributed by atoms with E-state index >= 15 is 0 Å². The number of likely N-dealkylation sites (tertiary alicyclic amines) is 1. The van der Waals surface area contributed by atoms with Crippen LogP contribution in [-0.2, 0) is 6.42 Å². The van der Waals surface area contributed by atoms with Gasteiger partial charge in [-0.25, -0.2) is 4.79 Å². The topological polar surface area (TPSA) is 35.6 Å². The quantitative estimate of drug-likeness (QED) is 0.831. The summed E-state index contributed by atoms with van der Waals surface area (Å²) >= 11 is 0. The first kappa shape index (κ1) is 18.8. The van der Waals surface area contributed by atoms with E-state index in [1.54, 1.807) is 4.90 Å². The Kier molecular flexibility index (Phi) is 7.57. The minimum absolute atomic E-state index is 0.0422. The lowest BCUT2D eigenvalue weighted by molar-refractivity contribution is 0.164. The molecule has 0 radical (unpaired) electrons. The molecule has 2 rings (SSSR count). The standard InChI is InChI=1S/C20H33N3O/c1-17-9-7-14-23(15-17)16-18(2)21-20(24)22(3)13-8-12-19-10-5-4-6-11-19/h4-6,10-11,17-18H,7-9,12-16H2,1-3H3,(H,21,24)/t17-,18+/m0/s1. The summed E-state index contributed by atoms with van der Waals surface area (Å²) in [6.07, 6.45) is 4.62. The summed E-state index contributed by atoms with van der Waals surface area (Å²) in [5.74, 6) is 0.780. The number of aryl methyl sites for hydroxylation is 1. The van der Waals surface area contributed by atoms with Gasteiger partial charge in [0.2, 0.25) is 0 Å². The molecule has 24 heavy (non-hydrogen) atoms. The van der Waals surface area contributed by atoms with Crippen molar-refractivity contribution in [3.05, 3.63) is 35.9 Å². The molecule has 0 unspecified atom stereocenters. The molecular formula is C20H33N3O. The van der Waals surface area contributed by atoms with Gasteiger partial charge in [-0.1, -0.05) is 37.3 Å². The molecule has 1 aliphatic heterocycles. The molecular weight excluding hydrogens is 298 g/mol. The minimum Gasteiger partial charge on any atom is -0.334 e. The molecule has 1 N–H and O–H groups in total. The van der Waals surface area contributed by atoms with Crippen LogP contribution in [0.15, 0.2) is 30.3 Å². The number of nitrogens with zero attached hydrogens (tertiary/aromatic N) is 2. The molecule has 4 heteroatoms. The maximum Gasteiger partial charge on any atom is 0.317 e. The first-order valence-corrected chi connectivity index (χ1v) is 9.32. The van der Waals surface area contributed by atoms with E-state index in [1.807, 2.05) is 13.1 Å². The summed E-state index contributed by atoms with van der Waals surface area (Å²) in [6.45, 7) is 8.48. The highest BCUT2D eigenvalue weighted by molar-refractivity contribution is 5.74. The number of nitrogens with one attached hydrogen (secondary N) is 1. The van der Waals surface area contributed by atoms with Gasteiger partial charge in [-0.05, 0) is 50.6 Å². The van der Waals surface area contributed by atoms with Gasteiger partial charge in [-0.3, -0.25) is 0 Å². The third-order valence-corrected chi connectivity index (χ3v) is 4.79. The van der Waals surface area contributed by atoms with Crippen LogP contribution in [0.25, 0.3) is 0 Å². The second kappa shape index (κ2) is 9.67. The second-order valence-electron chi connectivity index (χ2n) is 7.37. The predicted octanol–water partition coefficient (Wildman–Crippen LogP) is 3.38. The molecule has 2 atom stereocenters. The lowest BCUT2D eigenvalue weighted by Gasteiger charge is -2.33. The number of carbonyl (C=O) groups is 1. The van der Waals surface area contributed by atoms with Crippen LogP contribution < -0.4 is 5.32 Å². The van der Waals surface area contributed by atoms with E-state index in [4.69, 9.17) is 0 Å². The number of piperidine rings is 1. The molecule has 1 saturated heterocycles. The van der Waals surface area contributed by atoms with Crippen LogP contribution >= 0.6 is 0 Å². The fourth-order valence-corrected chi connectivity index (χ4v) is 3.47. The van der Waals surface area contributed by atoms with Crippen LogP contribution in [0, 0.1) is 5.92 Å².